The highest BCUT2D eigenvalue weighted by atomic mass is 16.5. The van der Waals surface area contributed by atoms with Gasteiger partial charge in [-0.2, -0.15) is 0 Å². The molecule has 29 heavy (non-hydrogen) atoms. The van der Waals surface area contributed by atoms with Gasteiger partial charge in [0.25, 0.3) is 0 Å². The molecule has 2 aliphatic heterocycles. The molecular weight excluding hydrogens is 366 g/mol. The number of ether oxygens (including phenoxy) is 1. The van der Waals surface area contributed by atoms with E-state index in [1.807, 2.05) is 7.05 Å². The van der Waals surface area contributed by atoms with Crippen LogP contribution in [-0.2, 0) is 9.53 Å². The monoisotopic (exact) mass is 407 g/mol. The minimum absolute atomic E-state index is 0.273. The average molecular weight is 408 g/mol. The molecule has 166 valence electrons. The third kappa shape index (κ3) is 6.85. The van der Waals surface area contributed by atoms with Gasteiger partial charge in [-0.15, -0.1) is 0 Å². The Morgan fingerprint density at radius 2 is 1.83 bits per heavy atom. The van der Waals surface area contributed by atoms with Crippen LogP contribution in [0.15, 0.2) is 4.99 Å². The number of carbonyl (C=O) groups excluding carboxylic acids is 1. The van der Waals surface area contributed by atoms with E-state index in [0.717, 1.165) is 71.1 Å². The molecule has 0 aromatic carbocycles. The molecule has 0 aromatic rings. The predicted molar refractivity (Wildman–Crippen MR) is 117 cm³/mol. The number of aliphatic imine (C=N–C) groups is 1. The Balaban J connectivity index is 1.35. The number of likely N-dealkylation sites (tertiary alicyclic amines) is 2. The van der Waals surface area contributed by atoms with Crippen LogP contribution in [0.2, 0.25) is 0 Å². The lowest BCUT2D eigenvalue weighted by atomic mass is 9.88. The number of methoxy groups -OCH3 is 1. The van der Waals surface area contributed by atoms with Crippen molar-refractivity contribution in [1.82, 2.24) is 20.4 Å². The summed E-state index contributed by atoms with van der Waals surface area (Å²) in [6.45, 7) is 6.83. The standard InChI is InChI=1S/C22H41N5O2/c1-23-22(24-16-18-8-11-26(12-9-18)14-15-29-2)25-20-10-13-27(17-20)21(28)19-6-4-3-5-7-19/h18-20H,3-17H2,1-2H3,(H2,23,24,25). The van der Waals surface area contributed by atoms with Crippen molar-refractivity contribution in [2.75, 3.05) is 60.0 Å². The zero-order chi connectivity index (χ0) is 20.5. The zero-order valence-corrected chi connectivity index (χ0v) is 18.5. The van der Waals surface area contributed by atoms with Gasteiger partial charge < -0.3 is 25.2 Å². The molecule has 2 saturated heterocycles. The largest absolute Gasteiger partial charge is 0.383 e. The molecule has 2 N–H and O–H groups in total. The summed E-state index contributed by atoms with van der Waals surface area (Å²) in [6.07, 6.45) is 9.35. The van der Waals surface area contributed by atoms with E-state index in [0.29, 0.717) is 17.9 Å². The van der Waals surface area contributed by atoms with Gasteiger partial charge in [-0.1, -0.05) is 19.3 Å². The van der Waals surface area contributed by atoms with Gasteiger partial charge in [0.1, 0.15) is 0 Å². The van der Waals surface area contributed by atoms with E-state index < -0.39 is 0 Å². The quantitative estimate of drug-likeness (QED) is 0.497. The first kappa shape index (κ1) is 22.3. The van der Waals surface area contributed by atoms with Crippen molar-refractivity contribution in [3.8, 4) is 0 Å². The summed E-state index contributed by atoms with van der Waals surface area (Å²) in [4.78, 5) is 21.8. The van der Waals surface area contributed by atoms with E-state index in [9.17, 15) is 4.79 Å². The topological polar surface area (TPSA) is 69.2 Å². The molecule has 1 amide bonds. The van der Waals surface area contributed by atoms with Crippen molar-refractivity contribution in [2.45, 2.75) is 57.4 Å². The van der Waals surface area contributed by atoms with Crippen molar-refractivity contribution < 1.29 is 9.53 Å². The number of piperidine rings is 1. The van der Waals surface area contributed by atoms with Crippen LogP contribution < -0.4 is 10.6 Å². The molecule has 1 aliphatic carbocycles. The number of guanidine groups is 1. The molecule has 3 rings (SSSR count). The summed E-state index contributed by atoms with van der Waals surface area (Å²) in [5, 5.41) is 7.07. The van der Waals surface area contributed by atoms with Gasteiger partial charge in [-0.25, -0.2) is 0 Å². The van der Waals surface area contributed by atoms with Crippen molar-refractivity contribution in [1.29, 1.82) is 0 Å². The lowest BCUT2D eigenvalue weighted by molar-refractivity contribution is -0.135. The van der Waals surface area contributed by atoms with Crippen molar-refractivity contribution in [3.63, 3.8) is 0 Å². The second-order valence-corrected chi connectivity index (χ2v) is 8.98. The van der Waals surface area contributed by atoms with Crippen molar-refractivity contribution in [2.24, 2.45) is 16.8 Å². The summed E-state index contributed by atoms with van der Waals surface area (Å²) in [5.41, 5.74) is 0. The van der Waals surface area contributed by atoms with Crippen LogP contribution in [0.1, 0.15) is 51.4 Å². The Hall–Kier alpha value is -1.34. The van der Waals surface area contributed by atoms with Gasteiger partial charge in [-0.3, -0.25) is 9.79 Å². The Bertz CT molecular complexity index is 527. The number of carbonyl (C=O) groups is 1. The van der Waals surface area contributed by atoms with E-state index in [1.54, 1.807) is 7.11 Å². The van der Waals surface area contributed by atoms with Crippen LogP contribution in [0.4, 0.5) is 0 Å². The lowest BCUT2D eigenvalue weighted by Crippen LogP contribution is -2.47. The van der Waals surface area contributed by atoms with Gasteiger partial charge in [0, 0.05) is 52.3 Å². The number of nitrogens with one attached hydrogen (secondary N) is 2. The maximum absolute atomic E-state index is 12.8. The SMILES string of the molecule is CN=C(NCC1CCN(CCOC)CC1)NC1CCN(C(=O)C2CCCCC2)C1. The van der Waals surface area contributed by atoms with Crippen LogP contribution in [0.3, 0.4) is 0 Å². The molecule has 3 fully saturated rings. The van der Waals surface area contributed by atoms with Crippen LogP contribution in [0, 0.1) is 11.8 Å². The molecule has 1 saturated carbocycles. The fraction of sp³-hybridized carbons (Fsp3) is 0.909. The first-order chi connectivity index (χ1) is 14.2. The van der Waals surface area contributed by atoms with Gasteiger partial charge >= 0.3 is 0 Å². The fourth-order valence-corrected chi connectivity index (χ4v) is 4.95. The van der Waals surface area contributed by atoms with E-state index in [4.69, 9.17) is 4.74 Å². The van der Waals surface area contributed by atoms with E-state index in [2.05, 4.69) is 25.4 Å². The highest BCUT2D eigenvalue weighted by molar-refractivity contribution is 5.81. The summed E-state index contributed by atoms with van der Waals surface area (Å²) < 4.78 is 5.18. The van der Waals surface area contributed by atoms with Crippen LogP contribution in [0.5, 0.6) is 0 Å². The molecule has 0 aromatic heterocycles. The zero-order valence-electron chi connectivity index (χ0n) is 18.5. The Morgan fingerprint density at radius 1 is 1.07 bits per heavy atom. The second-order valence-electron chi connectivity index (χ2n) is 8.98. The van der Waals surface area contributed by atoms with Crippen LogP contribution >= 0.6 is 0 Å². The first-order valence-corrected chi connectivity index (χ1v) is 11.7. The highest BCUT2D eigenvalue weighted by Gasteiger charge is 2.31. The smallest absolute Gasteiger partial charge is 0.225 e. The Morgan fingerprint density at radius 3 is 2.52 bits per heavy atom. The van der Waals surface area contributed by atoms with Gasteiger partial charge in [-0.05, 0) is 51.1 Å². The van der Waals surface area contributed by atoms with Crippen molar-refractivity contribution in [3.05, 3.63) is 0 Å². The number of nitrogens with zero attached hydrogens (tertiary/aromatic N) is 3. The lowest BCUT2D eigenvalue weighted by Gasteiger charge is -2.32. The first-order valence-electron chi connectivity index (χ1n) is 11.7. The van der Waals surface area contributed by atoms with E-state index >= 15 is 0 Å². The van der Waals surface area contributed by atoms with Gasteiger partial charge in [0.2, 0.25) is 5.91 Å². The number of rotatable bonds is 7. The number of amides is 1. The molecule has 2 heterocycles. The Kier molecular flexibility index (Phi) is 9.05. The average Bonchev–Trinajstić information content (AvgIpc) is 3.24. The van der Waals surface area contributed by atoms with E-state index in [1.165, 1.54) is 32.1 Å². The van der Waals surface area contributed by atoms with Gasteiger partial charge in [0.15, 0.2) is 5.96 Å². The maximum atomic E-state index is 12.8. The molecule has 7 heteroatoms. The fourth-order valence-electron chi connectivity index (χ4n) is 4.95. The minimum atomic E-state index is 0.273. The number of hydrogen-bond acceptors (Lipinski definition) is 4. The summed E-state index contributed by atoms with van der Waals surface area (Å²) >= 11 is 0. The molecular formula is C22H41N5O2. The molecule has 0 spiro atoms. The van der Waals surface area contributed by atoms with Gasteiger partial charge in [0.05, 0.1) is 6.61 Å². The molecule has 1 unspecified atom stereocenters. The molecule has 3 aliphatic rings. The minimum Gasteiger partial charge on any atom is -0.383 e. The Labute approximate surface area is 176 Å². The van der Waals surface area contributed by atoms with E-state index in [-0.39, 0.29) is 5.92 Å². The summed E-state index contributed by atoms with van der Waals surface area (Å²) in [7, 11) is 3.60. The molecule has 1 atom stereocenters. The summed E-state index contributed by atoms with van der Waals surface area (Å²) in [6, 6.07) is 0.310. The highest BCUT2D eigenvalue weighted by Crippen LogP contribution is 2.26. The third-order valence-electron chi connectivity index (χ3n) is 6.90. The number of hydrogen-bond donors (Lipinski definition) is 2. The predicted octanol–water partition coefficient (Wildman–Crippen LogP) is 1.69. The molecule has 7 nitrogen and oxygen atoms in total. The maximum Gasteiger partial charge on any atom is 0.225 e. The van der Waals surface area contributed by atoms with Crippen LogP contribution in [-0.4, -0.2) is 87.7 Å². The van der Waals surface area contributed by atoms with Crippen LogP contribution in [0.25, 0.3) is 0 Å². The molecule has 0 radical (unpaired) electrons. The third-order valence-corrected chi connectivity index (χ3v) is 6.90. The normalized spacial score (nSPS) is 25.4. The second kappa shape index (κ2) is 11.7. The van der Waals surface area contributed by atoms with Crippen molar-refractivity contribution >= 4 is 11.9 Å². The summed E-state index contributed by atoms with van der Waals surface area (Å²) in [5.74, 6) is 2.23. The molecule has 0 bridgehead atoms.